The zero-order chi connectivity index (χ0) is 23.5. The van der Waals surface area contributed by atoms with Crippen LogP contribution in [-0.2, 0) is 21.9 Å². The molecular formula is C25H33FN2O3S. The van der Waals surface area contributed by atoms with Gasteiger partial charge in [-0.1, -0.05) is 38.1 Å². The van der Waals surface area contributed by atoms with Crippen LogP contribution in [0.25, 0.3) is 0 Å². The highest BCUT2D eigenvalue weighted by atomic mass is 32.2. The van der Waals surface area contributed by atoms with E-state index in [0.29, 0.717) is 24.5 Å². The van der Waals surface area contributed by atoms with Crippen LogP contribution in [0.3, 0.4) is 0 Å². The normalized spacial score (nSPS) is 12.7. The van der Waals surface area contributed by atoms with Gasteiger partial charge < -0.3 is 15.0 Å². The Morgan fingerprint density at radius 1 is 1.09 bits per heavy atom. The van der Waals surface area contributed by atoms with Gasteiger partial charge in [-0.2, -0.15) is 0 Å². The summed E-state index contributed by atoms with van der Waals surface area (Å²) in [6.07, 6.45) is 1.33. The summed E-state index contributed by atoms with van der Waals surface area (Å²) in [6, 6.07) is 13.3. The highest BCUT2D eigenvalue weighted by Gasteiger charge is 2.29. The summed E-state index contributed by atoms with van der Waals surface area (Å²) >= 11 is 1.45. The van der Waals surface area contributed by atoms with E-state index < -0.39 is 6.04 Å². The number of ether oxygens (including phenoxy) is 1. The molecule has 0 spiro atoms. The topological polar surface area (TPSA) is 58.6 Å². The predicted molar refractivity (Wildman–Crippen MR) is 128 cm³/mol. The van der Waals surface area contributed by atoms with Crippen molar-refractivity contribution in [3.8, 4) is 5.75 Å². The van der Waals surface area contributed by atoms with E-state index in [-0.39, 0.29) is 29.4 Å². The third kappa shape index (κ3) is 7.86. The van der Waals surface area contributed by atoms with Crippen molar-refractivity contribution in [2.45, 2.75) is 58.0 Å². The second kappa shape index (κ2) is 13.1. The number of hydrogen-bond donors (Lipinski definition) is 1. The number of methoxy groups -OCH3 is 1. The summed E-state index contributed by atoms with van der Waals surface area (Å²) in [5, 5.41) is 3.01. The molecule has 1 N–H and O–H groups in total. The van der Waals surface area contributed by atoms with Crippen LogP contribution < -0.4 is 10.1 Å². The molecule has 0 heterocycles. The average Bonchev–Trinajstić information content (AvgIpc) is 2.80. The van der Waals surface area contributed by atoms with Crippen molar-refractivity contribution in [3.63, 3.8) is 0 Å². The van der Waals surface area contributed by atoms with Crippen LogP contribution in [0.2, 0.25) is 0 Å². The van der Waals surface area contributed by atoms with Gasteiger partial charge in [-0.05, 0) is 55.2 Å². The first-order valence-electron chi connectivity index (χ1n) is 10.9. The van der Waals surface area contributed by atoms with Gasteiger partial charge in [0.05, 0.1) is 12.9 Å². The van der Waals surface area contributed by atoms with Crippen LogP contribution in [0.15, 0.2) is 48.5 Å². The van der Waals surface area contributed by atoms with E-state index in [1.54, 1.807) is 24.1 Å². The predicted octanol–water partition coefficient (Wildman–Crippen LogP) is 4.79. The fourth-order valence-electron chi connectivity index (χ4n) is 3.25. The average molecular weight is 461 g/mol. The minimum atomic E-state index is -0.561. The Labute approximate surface area is 194 Å². The highest BCUT2D eigenvalue weighted by Crippen LogP contribution is 2.20. The maximum absolute atomic E-state index is 13.2. The van der Waals surface area contributed by atoms with Crippen LogP contribution in [0.1, 0.15) is 44.7 Å². The number of benzene rings is 2. The molecule has 2 atom stereocenters. The summed E-state index contributed by atoms with van der Waals surface area (Å²) in [7, 11) is 1.60. The molecule has 174 valence electrons. The maximum Gasteiger partial charge on any atom is 0.243 e. The maximum atomic E-state index is 13.2. The smallest absolute Gasteiger partial charge is 0.243 e. The Balaban J connectivity index is 2.15. The fraction of sp³-hybridized carbons (Fsp3) is 0.440. The van der Waals surface area contributed by atoms with Crippen molar-refractivity contribution in [1.29, 1.82) is 0 Å². The molecule has 2 rings (SSSR count). The first-order chi connectivity index (χ1) is 15.4. The molecule has 2 amide bonds. The molecule has 2 aromatic carbocycles. The quantitative estimate of drug-likeness (QED) is 0.495. The molecule has 0 radical (unpaired) electrons. The van der Waals surface area contributed by atoms with E-state index in [2.05, 4.69) is 5.32 Å². The molecule has 0 unspecified atom stereocenters. The van der Waals surface area contributed by atoms with Gasteiger partial charge in [0.2, 0.25) is 11.8 Å². The van der Waals surface area contributed by atoms with Crippen LogP contribution >= 0.6 is 11.8 Å². The van der Waals surface area contributed by atoms with E-state index in [1.807, 2.05) is 45.0 Å². The van der Waals surface area contributed by atoms with E-state index in [4.69, 9.17) is 4.74 Å². The summed E-state index contributed by atoms with van der Waals surface area (Å²) < 4.78 is 18.4. The van der Waals surface area contributed by atoms with E-state index in [1.165, 1.54) is 23.9 Å². The third-order valence-electron chi connectivity index (χ3n) is 5.28. The van der Waals surface area contributed by atoms with Crippen LogP contribution in [0, 0.1) is 5.82 Å². The lowest BCUT2D eigenvalue weighted by molar-refractivity contribution is -0.139. The number of carbonyl (C=O) groups is 2. The highest BCUT2D eigenvalue weighted by molar-refractivity contribution is 7.99. The van der Waals surface area contributed by atoms with E-state index in [0.717, 1.165) is 17.5 Å². The Kier molecular flexibility index (Phi) is 10.5. The summed E-state index contributed by atoms with van der Waals surface area (Å²) in [5.74, 6) is 1.01. The molecule has 0 bridgehead atoms. The molecule has 0 saturated heterocycles. The number of rotatable bonds is 12. The number of carbonyl (C=O) groups excluding carboxylic acids is 2. The molecule has 0 aliphatic heterocycles. The zero-order valence-electron chi connectivity index (χ0n) is 19.3. The number of hydrogen-bond acceptors (Lipinski definition) is 4. The van der Waals surface area contributed by atoms with Crippen LogP contribution in [-0.4, -0.2) is 41.7 Å². The largest absolute Gasteiger partial charge is 0.497 e. The molecule has 0 aliphatic rings. The summed E-state index contributed by atoms with van der Waals surface area (Å²) in [5.41, 5.74) is 1.85. The second-order valence-corrected chi connectivity index (χ2v) is 8.72. The van der Waals surface area contributed by atoms with E-state index in [9.17, 15) is 14.0 Å². The van der Waals surface area contributed by atoms with Gasteiger partial charge >= 0.3 is 0 Å². The number of nitrogens with one attached hydrogen (secondary N) is 1. The zero-order valence-corrected chi connectivity index (χ0v) is 20.1. The van der Waals surface area contributed by atoms with Gasteiger partial charge in [0, 0.05) is 18.3 Å². The molecule has 7 heteroatoms. The minimum absolute atomic E-state index is 0.0400. The third-order valence-corrected chi connectivity index (χ3v) is 6.27. The molecule has 32 heavy (non-hydrogen) atoms. The van der Waals surface area contributed by atoms with Crippen molar-refractivity contribution >= 4 is 23.6 Å². The minimum Gasteiger partial charge on any atom is -0.497 e. The lowest BCUT2D eigenvalue weighted by Gasteiger charge is -2.31. The van der Waals surface area contributed by atoms with Crippen molar-refractivity contribution in [1.82, 2.24) is 10.2 Å². The number of thioether (sulfide) groups is 1. The molecular weight excluding hydrogens is 427 g/mol. The van der Waals surface area contributed by atoms with Crippen molar-refractivity contribution in [2.24, 2.45) is 0 Å². The van der Waals surface area contributed by atoms with Crippen LogP contribution in [0.4, 0.5) is 4.39 Å². The van der Waals surface area contributed by atoms with Gasteiger partial charge in [-0.25, -0.2) is 4.39 Å². The Bertz CT molecular complexity index is 876. The fourth-order valence-corrected chi connectivity index (χ4v) is 4.12. The lowest BCUT2D eigenvalue weighted by atomic mass is 10.1. The Morgan fingerprint density at radius 2 is 1.81 bits per heavy atom. The van der Waals surface area contributed by atoms with Gasteiger partial charge in [0.15, 0.2) is 0 Å². The van der Waals surface area contributed by atoms with Gasteiger partial charge in [-0.3, -0.25) is 9.59 Å². The molecule has 0 fully saturated rings. The Morgan fingerprint density at radius 3 is 2.44 bits per heavy atom. The lowest BCUT2D eigenvalue weighted by Crippen LogP contribution is -2.51. The molecule has 0 saturated carbocycles. The van der Waals surface area contributed by atoms with Crippen molar-refractivity contribution in [2.75, 3.05) is 12.9 Å². The second-order valence-electron chi connectivity index (χ2n) is 7.73. The molecule has 0 aliphatic carbocycles. The van der Waals surface area contributed by atoms with Gasteiger partial charge in [-0.15, -0.1) is 11.8 Å². The van der Waals surface area contributed by atoms with Crippen LogP contribution in [0.5, 0.6) is 5.75 Å². The number of halogens is 1. The van der Waals surface area contributed by atoms with Crippen molar-refractivity contribution < 1.29 is 18.7 Å². The Hall–Kier alpha value is -2.54. The standard InChI is InChI=1S/C25H33FN2O3S/c1-5-18(3)27-25(30)23(6-2)28(15-20-8-7-9-22(14-20)31-4)24(29)17-32-16-19-10-12-21(26)13-11-19/h7-14,18,23H,5-6,15-17H2,1-4H3,(H,27,30)/t18-,23+/m0/s1. The number of amides is 2. The molecule has 2 aromatic rings. The first kappa shape index (κ1) is 25.7. The van der Waals surface area contributed by atoms with Gasteiger partial charge in [0.1, 0.15) is 17.6 Å². The SMILES string of the molecule is CC[C@H](C(=O)N[C@@H](C)CC)N(Cc1cccc(OC)c1)C(=O)CSCc1ccc(F)cc1. The first-order valence-corrected chi connectivity index (χ1v) is 12.1. The molecule has 0 aromatic heterocycles. The van der Waals surface area contributed by atoms with Crippen molar-refractivity contribution in [3.05, 3.63) is 65.5 Å². The molecule has 5 nitrogen and oxygen atoms in total. The van der Waals surface area contributed by atoms with Gasteiger partial charge in [0.25, 0.3) is 0 Å². The monoisotopic (exact) mass is 460 g/mol. The summed E-state index contributed by atoms with van der Waals surface area (Å²) in [4.78, 5) is 27.9. The number of nitrogens with zero attached hydrogens (tertiary/aromatic N) is 1. The summed E-state index contributed by atoms with van der Waals surface area (Å²) in [6.45, 7) is 6.20. The van der Waals surface area contributed by atoms with E-state index >= 15 is 0 Å².